The minimum Gasteiger partial charge on any atom is -0.495 e. The fourth-order valence-corrected chi connectivity index (χ4v) is 5.64. The van der Waals surface area contributed by atoms with Crippen LogP contribution in [0.4, 0.5) is 0 Å². The molecule has 3 aromatic rings. The molecule has 2 heterocycles. The van der Waals surface area contributed by atoms with Crippen molar-refractivity contribution >= 4 is 21.6 Å². The predicted molar refractivity (Wildman–Crippen MR) is 132 cm³/mol. The quantitative estimate of drug-likeness (QED) is 0.395. The summed E-state index contributed by atoms with van der Waals surface area (Å²) in [5.74, 6) is 1.32. The maximum atomic E-state index is 13.8. The van der Waals surface area contributed by atoms with Gasteiger partial charge >= 0.3 is 0 Å². The lowest BCUT2D eigenvalue weighted by atomic mass is 10.2. The third kappa shape index (κ3) is 6.05. The Kier molecular flexibility index (Phi) is 8.12. The van der Waals surface area contributed by atoms with E-state index in [9.17, 15) is 8.42 Å². The summed E-state index contributed by atoms with van der Waals surface area (Å²) in [6.45, 7) is 1.38. The van der Waals surface area contributed by atoms with Gasteiger partial charge in [-0.15, -0.1) is 0 Å². The van der Waals surface area contributed by atoms with Gasteiger partial charge in [0.2, 0.25) is 10.0 Å². The highest BCUT2D eigenvalue weighted by Gasteiger charge is 2.29. The first kappa shape index (κ1) is 25.2. The maximum absolute atomic E-state index is 13.8. The average Bonchev–Trinajstić information content (AvgIpc) is 3.38. The number of halogens is 1. The zero-order valence-corrected chi connectivity index (χ0v) is 21.1. The van der Waals surface area contributed by atoms with Gasteiger partial charge in [0.25, 0.3) is 0 Å². The van der Waals surface area contributed by atoms with E-state index in [0.29, 0.717) is 29.7 Å². The van der Waals surface area contributed by atoms with Crippen LogP contribution in [0, 0.1) is 0 Å². The van der Waals surface area contributed by atoms with Crippen LogP contribution in [0.5, 0.6) is 17.2 Å². The van der Waals surface area contributed by atoms with E-state index in [1.54, 1.807) is 49.8 Å². The Morgan fingerprint density at radius 1 is 1.03 bits per heavy atom. The summed E-state index contributed by atoms with van der Waals surface area (Å²) in [7, 11) is -1.03. The minimum absolute atomic E-state index is 0.00968. The van der Waals surface area contributed by atoms with Gasteiger partial charge in [0.05, 0.1) is 27.4 Å². The average molecular weight is 519 g/mol. The number of rotatable bonds is 10. The normalized spacial score (nSPS) is 15.8. The van der Waals surface area contributed by atoms with E-state index in [1.165, 1.54) is 17.5 Å². The van der Waals surface area contributed by atoms with E-state index in [0.717, 1.165) is 17.5 Å². The number of hydrogen-bond acceptors (Lipinski definition) is 7. The molecule has 4 rings (SSSR count). The molecule has 0 spiro atoms. The maximum Gasteiger partial charge on any atom is 0.247 e. The molecule has 0 amide bonds. The van der Waals surface area contributed by atoms with Gasteiger partial charge in [0.1, 0.15) is 16.7 Å². The molecular formula is C25H27ClN2O6S. The summed E-state index contributed by atoms with van der Waals surface area (Å²) in [4.78, 5) is 4.11. The molecule has 0 N–H and O–H groups in total. The molecule has 0 bridgehead atoms. The topological polar surface area (TPSA) is 87.2 Å². The second-order valence-electron chi connectivity index (χ2n) is 8.02. The zero-order chi connectivity index (χ0) is 24.8. The lowest BCUT2D eigenvalue weighted by Crippen LogP contribution is -2.30. The van der Waals surface area contributed by atoms with Crippen molar-refractivity contribution in [2.75, 3.05) is 27.4 Å². The lowest BCUT2D eigenvalue weighted by molar-refractivity contribution is 0.138. The van der Waals surface area contributed by atoms with Crippen LogP contribution in [0.15, 0.2) is 65.8 Å². The summed E-state index contributed by atoms with van der Waals surface area (Å²) < 4.78 is 51.3. The van der Waals surface area contributed by atoms with E-state index < -0.39 is 10.0 Å². The molecule has 1 atom stereocenters. The van der Waals surface area contributed by atoms with E-state index in [1.807, 2.05) is 12.1 Å². The number of ether oxygens (including phenoxy) is 4. The molecule has 1 fully saturated rings. The van der Waals surface area contributed by atoms with Gasteiger partial charge in [0.15, 0.2) is 11.5 Å². The molecule has 0 unspecified atom stereocenters. The molecule has 0 radical (unpaired) electrons. The van der Waals surface area contributed by atoms with Gasteiger partial charge in [-0.25, -0.2) is 8.42 Å². The van der Waals surface area contributed by atoms with Crippen molar-refractivity contribution in [1.29, 1.82) is 0 Å². The molecule has 186 valence electrons. The number of pyridine rings is 1. The first-order valence-corrected chi connectivity index (χ1v) is 12.9. The van der Waals surface area contributed by atoms with Crippen LogP contribution in [0.3, 0.4) is 0 Å². The molecule has 1 aromatic heterocycles. The number of methoxy groups -OCH3 is 2. The highest BCUT2D eigenvalue weighted by molar-refractivity contribution is 7.89. The van der Waals surface area contributed by atoms with Crippen molar-refractivity contribution in [3.63, 3.8) is 0 Å². The van der Waals surface area contributed by atoms with E-state index in [2.05, 4.69) is 4.98 Å². The van der Waals surface area contributed by atoms with E-state index in [4.69, 9.17) is 30.5 Å². The first-order chi connectivity index (χ1) is 16.9. The van der Waals surface area contributed by atoms with Crippen molar-refractivity contribution in [1.82, 2.24) is 9.29 Å². The number of hydrogen-bond donors (Lipinski definition) is 0. The molecule has 0 aliphatic carbocycles. The standard InChI is InChI=1S/C25H27ClN2O6S/c1-31-23-8-6-20(26)13-25(23)35(29,30)28(16-19-4-3-10-27-14-19)15-18-5-7-22(24(12-18)32-2)34-21-9-11-33-17-21/h3-8,10,12-14,21H,9,11,15-17H2,1-2H3/t21-/m1/s1. The monoisotopic (exact) mass is 518 g/mol. The van der Waals surface area contributed by atoms with Crippen molar-refractivity contribution < 1.29 is 27.4 Å². The molecule has 0 saturated carbocycles. The molecule has 35 heavy (non-hydrogen) atoms. The van der Waals surface area contributed by atoms with Crippen LogP contribution in [0.1, 0.15) is 17.5 Å². The highest BCUT2D eigenvalue weighted by Crippen LogP contribution is 2.34. The molecule has 1 aliphatic rings. The van der Waals surface area contributed by atoms with Crippen LogP contribution in [0.25, 0.3) is 0 Å². The summed E-state index contributed by atoms with van der Waals surface area (Å²) in [5, 5.41) is 0.296. The molecule has 10 heteroatoms. The SMILES string of the molecule is COc1cc(CN(Cc2cccnc2)S(=O)(=O)c2cc(Cl)ccc2OC)ccc1O[C@@H]1CCOC1. The second kappa shape index (κ2) is 11.3. The number of sulfonamides is 1. The molecular weight excluding hydrogens is 492 g/mol. The highest BCUT2D eigenvalue weighted by atomic mass is 35.5. The number of benzene rings is 2. The Labute approximate surface area is 210 Å². The van der Waals surface area contributed by atoms with Gasteiger partial charge in [-0.1, -0.05) is 23.7 Å². The molecule has 8 nitrogen and oxygen atoms in total. The Balaban J connectivity index is 1.68. The van der Waals surface area contributed by atoms with E-state index >= 15 is 0 Å². The van der Waals surface area contributed by atoms with Gasteiger partial charge in [0, 0.05) is 36.9 Å². The lowest BCUT2D eigenvalue weighted by Gasteiger charge is -2.24. The van der Waals surface area contributed by atoms with Crippen molar-refractivity contribution in [3.8, 4) is 17.2 Å². The van der Waals surface area contributed by atoms with Crippen molar-refractivity contribution in [2.24, 2.45) is 0 Å². The Morgan fingerprint density at radius 2 is 1.80 bits per heavy atom. The smallest absolute Gasteiger partial charge is 0.247 e. The fraction of sp³-hybridized carbons (Fsp3) is 0.320. The van der Waals surface area contributed by atoms with Crippen LogP contribution >= 0.6 is 11.6 Å². The van der Waals surface area contributed by atoms with Gasteiger partial charge in [-0.05, 0) is 47.5 Å². The van der Waals surface area contributed by atoms with Gasteiger partial charge < -0.3 is 18.9 Å². The summed E-state index contributed by atoms with van der Waals surface area (Å²) >= 11 is 6.14. The van der Waals surface area contributed by atoms with Crippen LogP contribution < -0.4 is 14.2 Å². The Bertz CT molecular complexity index is 1250. The van der Waals surface area contributed by atoms with Gasteiger partial charge in [-0.3, -0.25) is 4.98 Å². The van der Waals surface area contributed by atoms with Gasteiger partial charge in [-0.2, -0.15) is 4.31 Å². The Hall–Kier alpha value is -2.85. The Morgan fingerprint density at radius 3 is 2.49 bits per heavy atom. The van der Waals surface area contributed by atoms with Crippen molar-refractivity contribution in [2.45, 2.75) is 30.5 Å². The molecule has 1 aliphatic heterocycles. The molecule has 2 aromatic carbocycles. The largest absolute Gasteiger partial charge is 0.495 e. The summed E-state index contributed by atoms with van der Waals surface area (Å²) in [6.07, 6.45) is 4.05. The summed E-state index contributed by atoms with van der Waals surface area (Å²) in [6, 6.07) is 13.5. The number of nitrogens with zero attached hydrogens (tertiary/aromatic N) is 2. The molecule has 1 saturated heterocycles. The predicted octanol–water partition coefficient (Wildman–Crippen LogP) is 4.31. The fourth-order valence-electron chi connectivity index (χ4n) is 3.81. The van der Waals surface area contributed by atoms with Crippen molar-refractivity contribution in [3.05, 3.63) is 77.1 Å². The van der Waals surface area contributed by atoms with Crippen LogP contribution in [-0.2, 0) is 27.8 Å². The van der Waals surface area contributed by atoms with Crippen LogP contribution in [-0.4, -0.2) is 51.2 Å². The number of aromatic nitrogens is 1. The minimum atomic E-state index is -4.00. The van der Waals surface area contributed by atoms with E-state index in [-0.39, 0.29) is 29.8 Å². The third-order valence-electron chi connectivity index (χ3n) is 5.59. The third-order valence-corrected chi connectivity index (χ3v) is 7.64. The van der Waals surface area contributed by atoms with Crippen LogP contribution in [0.2, 0.25) is 5.02 Å². The first-order valence-electron chi connectivity index (χ1n) is 11.0. The zero-order valence-electron chi connectivity index (χ0n) is 19.5. The summed E-state index contributed by atoms with van der Waals surface area (Å²) in [5.41, 5.74) is 1.47. The second-order valence-corrected chi connectivity index (χ2v) is 10.4.